The zero-order valence-electron chi connectivity index (χ0n) is 19.2. The van der Waals surface area contributed by atoms with Crippen molar-refractivity contribution in [1.29, 1.82) is 0 Å². The number of likely N-dealkylation sites (tertiary alicyclic amines) is 1. The van der Waals surface area contributed by atoms with Gasteiger partial charge in [0.25, 0.3) is 5.91 Å². The van der Waals surface area contributed by atoms with Crippen molar-refractivity contribution in [2.45, 2.75) is 48.6 Å². The van der Waals surface area contributed by atoms with Gasteiger partial charge in [-0.3, -0.25) is 14.4 Å². The first kappa shape index (κ1) is 25.1. The summed E-state index contributed by atoms with van der Waals surface area (Å²) in [5.41, 5.74) is 0.543. The number of aliphatic carboxylic acids is 1. The second kappa shape index (κ2) is 9.91. The molecule has 6 atom stereocenters. The summed E-state index contributed by atoms with van der Waals surface area (Å²) < 4.78 is -0.792. The van der Waals surface area contributed by atoms with Gasteiger partial charge in [0, 0.05) is 24.9 Å². The van der Waals surface area contributed by atoms with Crippen LogP contribution >= 0.6 is 23.4 Å². The molecular formula is C25H31ClN2O5S. The largest absolute Gasteiger partial charge is 0.481 e. The minimum Gasteiger partial charge on any atom is -0.481 e. The molecule has 1 aromatic rings. The molecule has 2 bridgehead atoms. The summed E-state index contributed by atoms with van der Waals surface area (Å²) in [4.78, 5) is 43.5. The number of aliphatic hydroxyl groups excluding tert-OH is 1. The van der Waals surface area contributed by atoms with Crippen molar-refractivity contribution in [3.63, 3.8) is 0 Å². The molecule has 184 valence electrons. The van der Waals surface area contributed by atoms with Gasteiger partial charge in [-0.15, -0.1) is 18.3 Å². The Morgan fingerprint density at radius 3 is 2.71 bits per heavy atom. The first-order valence-electron chi connectivity index (χ1n) is 11.8. The zero-order valence-corrected chi connectivity index (χ0v) is 20.8. The Labute approximate surface area is 209 Å². The lowest BCUT2D eigenvalue weighted by Crippen LogP contribution is -2.57. The van der Waals surface area contributed by atoms with Crippen LogP contribution in [-0.4, -0.2) is 68.6 Å². The highest BCUT2D eigenvalue weighted by Gasteiger charge is 2.76. The third kappa shape index (κ3) is 3.84. The number of nitrogens with zero attached hydrogens (tertiary/aromatic N) is 2. The van der Waals surface area contributed by atoms with Crippen LogP contribution in [0.2, 0.25) is 5.02 Å². The van der Waals surface area contributed by atoms with E-state index in [1.165, 1.54) is 11.8 Å². The minimum absolute atomic E-state index is 0.0141. The second-order valence-electron chi connectivity index (χ2n) is 9.40. The molecule has 3 heterocycles. The molecule has 3 unspecified atom stereocenters. The van der Waals surface area contributed by atoms with Gasteiger partial charge in [-0.25, -0.2) is 0 Å². The topological polar surface area (TPSA) is 98.2 Å². The van der Waals surface area contributed by atoms with Crippen LogP contribution in [0.4, 0.5) is 5.69 Å². The molecule has 4 rings (SSSR count). The lowest BCUT2D eigenvalue weighted by Gasteiger charge is -2.40. The standard InChI is InChI=1S/C25H31ClN2O5S/c1-3-11-27(17-10-6-5-9-16(17)26)23(31)21-25-15(2)14-18(34-25)19(24(32)33)20(25)22(30)28(21)12-7-4-8-13-29/h3,5-6,9-10,15,18-21,29H,1,4,7-8,11-14H2,2H3,(H,32,33)/t15?,18-,19+,20+,21?,25?/m1/s1. The molecule has 9 heteroatoms. The lowest BCUT2D eigenvalue weighted by atomic mass is 9.66. The maximum atomic E-state index is 14.3. The number of carbonyl (C=O) groups is 3. The van der Waals surface area contributed by atoms with Crippen molar-refractivity contribution in [2.24, 2.45) is 17.8 Å². The van der Waals surface area contributed by atoms with Crippen LogP contribution in [0, 0.1) is 17.8 Å². The fourth-order valence-corrected chi connectivity index (χ4v) is 8.79. The molecule has 2 N–H and O–H groups in total. The predicted octanol–water partition coefficient (Wildman–Crippen LogP) is 3.44. The predicted molar refractivity (Wildman–Crippen MR) is 133 cm³/mol. The van der Waals surface area contributed by atoms with Crippen LogP contribution in [0.25, 0.3) is 0 Å². The van der Waals surface area contributed by atoms with E-state index in [4.69, 9.17) is 16.7 Å². The average molecular weight is 507 g/mol. The van der Waals surface area contributed by atoms with Crippen LogP contribution in [-0.2, 0) is 14.4 Å². The van der Waals surface area contributed by atoms with Crippen molar-refractivity contribution in [3.05, 3.63) is 41.9 Å². The van der Waals surface area contributed by atoms with Gasteiger partial charge in [0.2, 0.25) is 5.91 Å². The summed E-state index contributed by atoms with van der Waals surface area (Å²) in [6.45, 7) is 6.48. The molecule has 3 aliphatic heterocycles. The van der Waals surface area contributed by atoms with Gasteiger partial charge < -0.3 is 20.0 Å². The number of thioether (sulfide) groups is 1. The molecule has 3 fully saturated rings. The normalized spacial score (nSPS) is 31.6. The number of carboxylic acid groups (broad SMARTS) is 1. The molecule has 34 heavy (non-hydrogen) atoms. The van der Waals surface area contributed by atoms with Crippen LogP contribution in [0.15, 0.2) is 36.9 Å². The molecule has 7 nitrogen and oxygen atoms in total. The maximum Gasteiger partial charge on any atom is 0.308 e. The van der Waals surface area contributed by atoms with Crippen LogP contribution in [0.3, 0.4) is 0 Å². The maximum absolute atomic E-state index is 14.3. The molecular weight excluding hydrogens is 476 g/mol. The van der Waals surface area contributed by atoms with Crippen molar-refractivity contribution in [2.75, 3.05) is 24.6 Å². The lowest BCUT2D eigenvalue weighted by molar-refractivity contribution is -0.149. The number of aliphatic hydroxyl groups is 1. The number of para-hydroxylation sites is 1. The van der Waals surface area contributed by atoms with Gasteiger partial charge in [-0.1, -0.05) is 36.7 Å². The fraction of sp³-hybridized carbons (Fsp3) is 0.560. The Kier molecular flexibility index (Phi) is 7.31. The smallest absolute Gasteiger partial charge is 0.308 e. The van der Waals surface area contributed by atoms with E-state index < -0.39 is 28.6 Å². The van der Waals surface area contributed by atoms with E-state index >= 15 is 0 Å². The molecule has 2 amide bonds. The van der Waals surface area contributed by atoms with E-state index in [2.05, 4.69) is 6.58 Å². The Balaban J connectivity index is 1.78. The molecule has 0 radical (unpaired) electrons. The number of hydrogen-bond donors (Lipinski definition) is 2. The Morgan fingerprint density at radius 2 is 2.06 bits per heavy atom. The summed E-state index contributed by atoms with van der Waals surface area (Å²) >= 11 is 7.98. The Hall–Kier alpha value is -2.03. The number of halogens is 1. The molecule has 3 saturated heterocycles. The second-order valence-corrected chi connectivity index (χ2v) is 11.4. The Morgan fingerprint density at radius 1 is 1.32 bits per heavy atom. The molecule has 1 aromatic carbocycles. The monoisotopic (exact) mass is 506 g/mol. The molecule has 3 aliphatic rings. The molecule has 0 saturated carbocycles. The first-order valence-corrected chi connectivity index (χ1v) is 13.0. The molecule has 0 aliphatic carbocycles. The van der Waals surface area contributed by atoms with Crippen molar-refractivity contribution in [3.8, 4) is 0 Å². The number of anilines is 1. The number of rotatable bonds is 10. The van der Waals surface area contributed by atoms with E-state index in [1.54, 1.807) is 40.1 Å². The summed E-state index contributed by atoms with van der Waals surface area (Å²) in [6.07, 6.45) is 4.25. The zero-order chi connectivity index (χ0) is 24.6. The average Bonchev–Trinajstić information content (AvgIpc) is 3.39. The van der Waals surface area contributed by atoms with Gasteiger partial charge in [0.05, 0.1) is 27.3 Å². The summed E-state index contributed by atoms with van der Waals surface area (Å²) in [5.74, 6) is -2.97. The third-order valence-electron chi connectivity index (χ3n) is 7.54. The van der Waals surface area contributed by atoms with E-state index in [-0.39, 0.29) is 36.1 Å². The van der Waals surface area contributed by atoms with Crippen LogP contribution in [0.1, 0.15) is 32.6 Å². The quantitative estimate of drug-likeness (QED) is 0.372. The number of fused-ring (bicyclic) bond motifs is 1. The summed E-state index contributed by atoms with van der Waals surface area (Å²) in [6, 6.07) is 6.29. The number of carbonyl (C=O) groups excluding carboxylic acids is 2. The van der Waals surface area contributed by atoms with E-state index in [0.717, 1.165) is 0 Å². The summed E-state index contributed by atoms with van der Waals surface area (Å²) in [5, 5.41) is 19.4. The van der Waals surface area contributed by atoms with E-state index in [1.807, 2.05) is 6.92 Å². The van der Waals surface area contributed by atoms with Crippen LogP contribution < -0.4 is 4.90 Å². The van der Waals surface area contributed by atoms with Crippen molar-refractivity contribution in [1.82, 2.24) is 4.90 Å². The van der Waals surface area contributed by atoms with Crippen molar-refractivity contribution < 1.29 is 24.6 Å². The number of unbranched alkanes of at least 4 members (excludes halogenated alkanes) is 2. The summed E-state index contributed by atoms with van der Waals surface area (Å²) in [7, 11) is 0. The number of amides is 2. The van der Waals surface area contributed by atoms with Gasteiger partial charge in [0.15, 0.2) is 0 Å². The SMILES string of the molecule is C=CCN(C(=O)C1N(CCCCCO)C(=O)[C@@H]2[C@@H](C(=O)O)[C@H]3CC(C)C12S3)c1ccccc1Cl. The first-order chi connectivity index (χ1) is 16.3. The van der Waals surface area contributed by atoms with Gasteiger partial charge in [-0.05, 0) is 43.7 Å². The number of hydrogen-bond acceptors (Lipinski definition) is 5. The van der Waals surface area contributed by atoms with E-state index in [9.17, 15) is 19.5 Å². The molecule has 0 aromatic heterocycles. The van der Waals surface area contributed by atoms with Crippen molar-refractivity contribution >= 4 is 46.8 Å². The molecule has 1 spiro atoms. The van der Waals surface area contributed by atoms with E-state index in [0.29, 0.717) is 42.9 Å². The fourth-order valence-electron chi connectivity index (χ4n) is 6.15. The highest BCUT2D eigenvalue weighted by atomic mass is 35.5. The van der Waals surface area contributed by atoms with Crippen LogP contribution in [0.5, 0.6) is 0 Å². The third-order valence-corrected chi connectivity index (χ3v) is 9.94. The number of benzene rings is 1. The highest BCUT2D eigenvalue weighted by Crippen LogP contribution is 2.68. The van der Waals surface area contributed by atoms with Gasteiger partial charge in [0.1, 0.15) is 6.04 Å². The van der Waals surface area contributed by atoms with Gasteiger partial charge in [-0.2, -0.15) is 0 Å². The highest BCUT2D eigenvalue weighted by molar-refractivity contribution is 8.02. The Bertz CT molecular complexity index is 990. The van der Waals surface area contributed by atoms with Gasteiger partial charge >= 0.3 is 5.97 Å². The number of carboxylic acids is 1. The minimum atomic E-state index is -0.966.